The van der Waals surface area contributed by atoms with Crippen molar-refractivity contribution in [2.24, 2.45) is 0 Å². The van der Waals surface area contributed by atoms with Crippen LogP contribution in [0.3, 0.4) is 0 Å². The third kappa shape index (κ3) is 4.14. The summed E-state index contributed by atoms with van der Waals surface area (Å²) in [6, 6.07) is 0. The van der Waals surface area contributed by atoms with Crippen LogP contribution in [0.25, 0.3) is 0 Å². The van der Waals surface area contributed by atoms with E-state index in [4.69, 9.17) is 25.3 Å². The average molecular weight is 282 g/mol. The second-order valence-corrected chi connectivity index (χ2v) is 9.45. The molecule has 0 aromatic carbocycles. The molecule has 8 heteroatoms. The van der Waals surface area contributed by atoms with Crippen molar-refractivity contribution in [2.45, 2.75) is 25.5 Å². The van der Waals surface area contributed by atoms with Crippen molar-refractivity contribution in [3.05, 3.63) is 11.8 Å². The fourth-order valence-corrected chi connectivity index (χ4v) is 3.63. The first-order valence-electron chi connectivity index (χ1n) is 4.81. The summed E-state index contributed by atoms with van der Waals surface area (Å²) in [5.41, 5.74) is -2.23. The molecule has 0 aliphatic heterocycles. The number of aryl methyl sites for hydroxylation is 1. The van der Waals surface area contributed by atoms with Gasteiger partial charge in [-0.3, -0.25) is 0 Å². The lowest BCUT2D eigenvalue weighted by atomic mass is 10.3. The topological polar surface area (TPSA) is 57.4 Å². The third-order valence-electron chi connectivity index (χ3n) is 1.77. The molecule has 0 radical (unpaired) electrons. The van der Waals surface area contributed by atoms with Gasteiger partial charge >= 0.3 is 0 Å². The SMILES string of the molecule is CCCc1nnc(CSP(=S)(OC)OC)o1. The number of rotatable bonds is 7. The maximum Gasteiger partial charge on any atom is 0.247 e. The molecule has 5 nitrogen and oxygen atoms in total. The highest BCUT2D eigenvalue weighted by Gasteiger charge is 2.18. The molecule has 0 fully saturated rings. The van der Waals surface area contributed by atoms with Crippen LogP contribution in [0.4, 0.5) is 0 Å². The Morgan fingerprint density at radius 2 is 1.94 bits per heavy atom. The summed E-state index contributed by atoms with van der Waals surface area (Å²) in [5.74, 6) is 1.76. The summed E-state index contributed by atoms with van der Waals surface area (Å²) in [5, 5.41) is 7.85. The minimum atomic E-state index is -2.23. The summed E-state index contributed by atoms with van der Waals surface area (Å²) < 4.78 is 15.7. The van der Waals surface area contributed by atoms with E-state index in [0.717, 1.165) is 12.8 Å². The third-order valence-corrected chi connectivity index (χ3v) is 7.43. The van der Waals surface area contributed by atoms with Crippen molar-refractivity contribution in [1.82, 2.24) is 10.2 Å². The van der Waals surface area contributed by atoms with Gasteiger partial charge in [0.25, 0.3) is 0 Å². The molecule has 0 saturated carbocycles. The fraction of sp³-hybridized carbons (Fsp3) is 0.750. The van der Waals surface area contributed by atoms with E-state index in [0.29, 0.717) is 17.5 Å². The van der Waals surface area contributed by atoms with Crippen LogP contribution < -0.4 is 0 Å². The zero-order valence-electron chi connectivity index (χ0n) is 9.50. The van der Waals surface area contributed by atoms with Gasteiger partial charge in [0.1, 0.15) is 0 Å². The van der Waals surface area contributed by atoms with Gasteiger partial charge in [-0.25, -0.2) is 0 Å². The minimum Gasteiger partial charge on any atom is -0.424 e. The number of hydrogen-bond donors (Lipinski definition) is 0. The van der Waals surface area contributed by atoms with Crippen LogP contribution in [0.5, 0.6) is 0 Å². The molecule has 1 aromatic rings. The molecular formula is C8H15N2O3PS2. The van der Waals surface area contributed by atoms with E-state index in [1.165, 1.54) is 11.4 Å². The van der Waals surface area contributed by atoms with Crippen molar-refractivity contribution in [3.63, 3.8) is 0 Å². The first kappa shape index (κ1) is 14.1. The van der Waals surface area contributed by atoms with Crippen LogP contribution >= 0.6 is 17.1 Å². The highest BCUT2D eigenvalue weighted by molar-refractivity contribution is 8.67. The molecule has 92 valence electrons. The van der Waals surface area contributed by atoms with E-state index in [9.17, 15) is 0 Å². The monoisotopic (exact) mass is 282 g/mol. The predicted molar refractivity (Wildman–Crippen MR) is 67.9 cm³/mol. The Hall–Kier alpha value is 0.0600. The predicted octanol–water partition coefficient (Wildman–Crippen LogP) is 2.77. The van der Waals surface area contributed by atoms with Crippen molar-refractivity contribution in [3.8, 4) is 0 Å². The fourth-order valence-electron chi connectivity index (χ4n) is 0.976. The maximum absolute atomic E-state index is 5.43. The Balaban J connectivity index is 2.50. The van der Waals surface area contributed by atoms with Gasteiger partial charge in [-0.05, 0) is 18.2 Å². The molecule has 0 amide bonds. The molecule has 0 atom stereocenters. The Kier molecular flexibility index (Phi) is 5.92. The standard InChI is InChI=1S/C8H15N2O3PS2/c1-4-5-7-9-10-8(13-7)6-16-14(15,11-2)12-3/h4-6H2,1-3H3. The molecule has 0 aliphatic carbocycles. The maximum atomic E-state index is 5.43. The lowest BCUT2D eigenvalue weighted by molar-refractivity contribution is 0.354. The molecule has 1 rings (SSSR count). The highest BCUT2D eigenvalue weighted by Crippen LogP contribution is 2.60. The smallest absolute Gasteiger partial charge is 0.247 e. The Morgan fingerprint density at radius 3 is 2.50 bits per heavy atom. The average Bonchev–Trinajstić information content (AvgIpc) is 2.74. The van der Waals surface area contributed by atoms with Crippen LogP contribution in [-0.2, 0) is 33.0 Å². The summed E-state index contributed by atoms with van der Waals surface area (Å²) in [4.78, 5) is 0. The van der Waals surface area contributed by atoms with Crippen molar-refractivity contribution < 1.29 is 13.5 Å². The van der Waals surface area contributed by atoms with Crippen molar-refractivity contribution in [2.75, 3.05) is 14.2 Å². The molecule has 0 bridgehead atoms. The van der Waals surface area contributed by atoms with Gasteiger partial charge in [-0.1, -0.05) is 18.3 Å². The van der Waals surface area contributed by atoms with Gasteiger partial charge < -0.3 is 13.5 Å². The zero-order chi connectivity index (χ0) is 12.0. The summed E-state index contributed by atoms with van der Waals surface area (Å²) in [6.07, 6.45) is 1.79. The van der Waals surface area contributed by atoms with Crippen molar-refractivity contribution >= 4 is 28.9 Å². The zero-order valence-corrected chi connectivity index (χ0v) is 12.0. The van der Waals surface area contributed by atoms with Crippen LogP contribution in [0, 0.1) is 0 Å². The largest absolute Gasteiger partial charge is 0.424 e. The molecule has 16 heavy (non-hydrogen) atoms. The van der Waals surface area contributed by atoms with Gasteiger partial charge in [0.2, 0.25) is 17.5 Å². The Bertz CT molecular complexity index is 364. The molecule has 1 aromatic heterocycles. The van der Waals surface area contributed by atoms with Gasteiger partial charge in [0.05, 0.1) is 5.75 Å². The normalized spacial score (nSPS) is 11.9. The van der Waals surface area contributed by atoms with E-state index >= 15 is 0 Å². The van der Waals surface area contributed by atoms with Gasteiger partial charge in [0, 0.05) is 20.6 Å². The molecule has 0 aliphatic rings. The van der Waals surface area contributed by atoms with E-state index in [-0.39, 0.29) is 0 Å². The second kappa shape index (κ2) is 6.71. The quantitative estimate of drug-likeness (QED) is 0.713. The van der Waals surface area contributed by atoms with Crippen LogP contribution in [0.1, 0.15) is 25.1 Å². The van der Waals surface area contributed by atoms with E-state index < -0.39 is 5.69 Å². The summed E-state index contributed by atoms with van der Waals surface area (Å²) in [6.45, 7) is 2.06. The summed E-state index contributed by atoms with van der Waals surface area (Å²) in [7, 11) is 3.10. The number of hydrogen-bond acceptors (Lipinski definition) is 7. The molecule has 0 spiro atoms. The molecule has 0 unspecified atom stereocenters. The Morgan fingerprint density at radius 1 is 1.31 bits per heavy atom. The Labute approximate surface area is 104 Å². The number of aromatic nitrogens is 2. The van der Waals surface area contributed by atoms with Crippen molar-refractivity contribution in [1.29, 1.82) is 0 Å². The van der Waals surface area contributed by atoms with Gasteiger partial charge in [0.15, 0.2) is 0 Å². The lowest BCUT2D eigenvalue weighted by Crippen LogP contribution is -1.85. The van der Waals surface area contributed by atoms with Crippen LogP contribution in [-0.4, -0.2) is 24.4 Å². The summed E-state index contributed by atoms with van der Waals surface area (Å²) >= 11 is 6.59. The second-order valence-electron chi connectivity index (χ2n) is 2.93. The van der Waals surface area contributed by atoms with Crippen LogP contribution in [0.2, 0.25) is 0 Å². The first-order valence-corrected chi connectivity index (χ1v) is 9.03. The first-order chi connectivity index (χ1) is 7.63. The minimum absolute atomic E-state index is 0.523. The molecule has 0 N–H and O–H groups in total. The van der Waals surface area contributed by atoms with E-state index in [1.54, 1.807) is 14.2 Å². The lowest BCUT2D eigenvalue weighted by Gasteiger charge is -2.14. The molecule has 1 heterocycles. The molecule has 0 saturated heterocycles. The van der Waals surface area contributed by atoms with E-state index in [2.05, 4.69) is 17.1 Å². The molecular weight excluding hydrogens is 267 g/mol. The number of nitrogens with zero attached hydrogens (tertiary/aromatic N) is 2. The van der Waals surface area contributed by atoms with E-state index in [1.807, 2.05) is 0 Å². The van der Waals surface area contributed by atoms with Gasteiger partial charge in [-0.2, -0.15) is 0 Å². The van der Waals surface area contributed by atoms with Crippen LogP contribution in [0.15, 0.2) is 4.42 Å². The highest BCUT2D eigenvalue weighted by atomic mass is 32.9. The van der Waals surface area contributed by atoms with Gasteiger partial charge in [-0.15, -0.1) is 10.2 Å².